The lowest BCUT2D eigenvalue weighted by atomic mass is 10.2. The van der Waals surface area contributed by atoms with Crippen molar-refractivity contribution in [1.29, 1.82) is 0 Å². The molecule has 0 heterocycles. The first-order valence-electron chi connectivity index (χ1n) is 5.38. The van der Waals surface area contributed by atoms with E-state index in [0.717, 1.165) is 0 Å². The Bertz CT molecular complexity index is 571. The molecule has 0 saturated heterocycles. The number of rotatable bonds is 6. The average Bonchev–Trinajstić information content (AvgIpc) is 2.37. The van der Waals surface area contributed by atoms with Gasteiger partial charge in [0.05, 0.1) is 12.0 Å². The summed E-state index contributed by atoms with van der Waals surface area (Å²) in [4.78, 5) is 11.6. The van der Waals surface area contributed by atoms with Gasteiger partial charge in [0.25, 0.3) is 0 Å². The third-order valence-electron chi connectivity index (χ3n) is 2.31. The molecule has 0 fully saturated rings. The molecular formula is C12H14BrNO4S. The van der Waals surface area contributed by atoms with Gasteiger partial charge in [-0.05, 0) is 34.5 Å². The predicted octanol–water partition coefficient (Wildman–Crippen LogP) is 1.85. The normalized spacial score (nSPS) is 12.7. The minimum absolute atomic E-state index is 0.0629. The summed E-state index contributed by atoms with van der Waals surface area (Å²) in [6.45, 7) is 3.49. The second-order valence-corrected chi connectivity index (χ2v) is 6.19. The molecule has 1 aromatic rings. The molecule has 1 N–H and O–H groups in total. The Hall–Kier alpha value is -1.18. The van der Waals surface area contributed by atoms with E-state index in [1.165, 1.54) is 19.3 Å². The van der Waals surface area contributed by atoms with Crippen LogP contribution in [0, 0.1) is 0 Å². The summed E-state index contributed by atoms with van der Waals surface area (Å²) < 4.78 is 31.6. The quantitative estimate of drug-likeness (QED) is 0.629. The van der Waals surface area contributed by atoms with Gasteiger partial charge in [0.1, 0.15) is 6.04 Å². The van der Waals surface area contributed by atoms with Crippen LogP contribution in [-0.2, 0) is 19.6 Å². The van der Waals surface area contributed by atoms with Crippen molar-refractivity contribution < 1.29 is 17.9 Å². The maximum absolute atomic E-state index is 12.2. The molecule has 1 atom stereocenters. The number of nitrogens with one attached hydrogen (secondary N) is 1. The van der Waals surface area contributed by atoms with Crippen LogP contribution in [-0.4, -0.2) is 27.5 Å². The Labute approximate surface area is 120 Å². The van der Waals surface area contributed by atoms with E-state index < -0.39 is 22.0 Å². The monoisotopic (exact) mass is 347 g/mol. The molecule has 0 radical (unpaired) electrons. The van der Waals surface area contributed by atoms with Gasteiger partial charge in [-0.25, -0.2) is 8.42 Å². The fraction of sp³-hybridized carbons (Fsp3) is 0.250. The molecule has 1 unspecified atom stereocenters. The molecule has 0 aliphatic heterocycles. The molecule has 0 aliphatic rings. The van der Waals surface area contributed by atoms with Gasteiger partial charge in [-0.2, -0.15) is 4.72 Å². The lowest BCUT2D eigenvalue weighted by molar-refractivity contribution is -0.142. The first-order valence-corrected chi connectivity index (χ1v) is 7.65. The Balaban J connectivity index is 3.04. The Morgan fingerprint density at radius 1 is 1.53 bits per heavy atom. The van der Waals surface area contributed by atoms with E-state index in [-0.39, 0.29) is 11.3 Å². The van der Waals surface area contributed by atoms with Gasteiger partial charge < -0.3 is 4.74 Å². The van der Waals surface area contributed by atoms with E-state index in [1.807, 2.05) is 0 Å². The van der Waals surface area contributed by atoms with Crippen LogP contribution in [0.15, 0.2) is 46.3 Å². The average molecular weight is 348 g/mol. The zero-order chi connectivity index (χ0) is 14.5. The number of methoxy groups -OCH3 is 1. The molecule has 7 heteroatoms. The number of carbonyl (C=O) groups is 1. The minimum atomic E-state index is -3.81. The first kappa shape index (κ1) is 15.9. The highest BCUT2D eigenvalue weighted by atomic mass is 79.9. The predicted molar refractivity (Wildman–Crippen MR) is 75.1 cm³/mol. The fourth-order valence-corrected chi connectivity index (χ4v) is 3.62. The number of benzene rings is 1. The molecule has 1 rings (SSSR count). The maximum Gasteiger partial charge on any atom is 0.324 e. The van der Waals surface area contributed by atoms with Gasteiger partial charge in [-0.3, -0.25) is 4.79 Å². The van der Waals surface area contributed by atoms with E-state index in [1.54, 1.807) is 18.2 Å². The van der Waals surface area contributed by atoms with E-state index >= 15 is 0 Å². The number of halogens is 1. The van der Waals surface area contributed by atoms with Crippen molar-refractivity contribution in [3.63, 3.8) is 0 Å². The largest absolute Gasteiger partial charge is 0.468 e. The summed E-state index contributed by atoms with van der Waals surface area (Å²) in [7, 11) is -2.61. The highest BCUT2D eigenvalue weighted by Gasteiger charge is 2.26. The summed E-state index contributed by atoms with van der Waals surface area (Å²) >= 11 is 3.16. The highest BCUT2D eigenvalue weighted by Crippen LogP contribution is 2.21. The smallest absolute Gasteiger partial charge is 0.324 e. The zero-order valence-corrected chi connectivity index (χ0v) is 12.7. The van der Waals surface area contributed by atoms with Crippen LogP contribution in [0.25, 0.3) is 0 Å². The van der Waals surface area contributed by atoms with Crippen LogP contribution in [0.5, 0.6) is 0 Å². The Kier molecular flexibility index (Phi) is 5.71. The summed E-state index contributed by atoms with van der Waals surface area (Å²) in [6.07, 6.45) is 1.60. The molecule has 0 aromatic heterocycles. The number of carbonyl (C=O) groups excluding carboxylic acids is 1. The van der Waals surface area contributed by atoms with Crippen LogP contribution >= 0.6 is 15.9 Å². The highest BCUT2D eigenvalue weighted by molar-refractivity contribution is 9.10. The van der Waals surface area contributed by atoms with Crippen LogP contribution in [0.2, 0.25) is 0 Å². The van der Waals surface area contributed by atoms with E-state index in [0.29, 0.717) is 4.47 Å². The molecule has 0 spiro atoms. The maximum atomic E-state index is 12.2. The summed E-state index contributed by atoms with van der Waals surface area (Å²) in [6, 6.07) is 5.36. The molecule has 0 aliphatic carbocycles. The summed E-state index contributed by atoms with van der Waals surface area (Å²) in [5.41, 5.74) is 0. The zero-order valence-electron chi connectivity index (χ0n) is 10.3. The summed E-state index contributed by atoms with van der Waals surface area (Å²) in [5, 5.41) is 0. The minimum Gasteiger partial charge on any atom is -0.468 e. The van der Waals surface area contributed by atoms with Crippen molar-refractivity contribution in [3.05, 3.63) is 41.4 Å². The van der Waals surface area contributed by atoms with Gasteiger partial charge in [0.2, 0.25) is 10.0 Å². The van der Waals surface area contributed by atoms with Gasteiger partial charge in [-0.1, -0.05) is 18.2 Å². The second kappa shape index (κ2) is 6.83. The molecule has 5 nitrogen and oxygen atoms in total. The molecule has 0 saturated carbocycles. The van der Waals surface area contributed by atoms with Crippen molar-refractivity contribution >= 4 is 31.9 Å². The number of hydrogen-bond donors (Lipinski definition) is 1. The van der Waals surface area contributed by atoms with Crippen molar-refractivity contribution in [2.75, 3.05) is 7.11 Å². The number of sulfonamides is 1. The number of hydrogen-bond acceptors (Lipinski definition) is 4. The fourth-order valence-electron chi connectivity index (χ4n) is 1.41. The van der Waals surface area contributed by atoms with Crippen molar-refractivity contribution in [2.24, 2.45) is 0 Å². The lowest BCUT2D eigenvalue weighted by Gasteiger charge is -2.15. The Morgan fingerprint density at radius 2 is 2.16 bits per heavy atom. The number of esters is 1. The van der Waals surface area contributed by atoms with E-state index in [4.69, 9.17) is 0 Å². The van der Waals surface area contributed by atoms with Gasteiger partial charge in [-0.15, -0.1) is 6.58 Å². The van der Waals surface area contributed by atoms with E-state index in [2.05, 4.69) is 32.0 Å². The van der Waals surface area contributed by atoms with Crippen molar-refractivity contribution in [3.8, 4) is 0 Å². The molecule has 19 heavy (non-hydrogen) atoms. The third kappa shape index (κ3) is 4.15. The van der Waals surface area contributed by atoms with Gasteiger partial charge in [0, 0.05) is 4.47 Å². The standard InChI is InChI=1S/C12H14BrNO4S/c1-3-6-10(12(15)18-2)14-19(16,17)11-8-5-4-7-9(11)13/h3-5,7-8,10,14H,1,6H2,2H3. The second-order valence-electron chi connectivity index (χ2n) is 3.65. The third-order valence-corrected chi connectivity index (χ3v) is 4.80. The molecule has 0 amide bonds. The summed E-state index contributed by atoms with van der Waals surface area (Å²) in [5.74, 6) is -0.657. The van der Waals surface area contributed by atoms with Crippen LogP contribution in [0.3, 0.4) is 0 Å². The van der Waals surface area contributed by atoms with E-state index in [9.17, 15) is 13.2 Å². The lowest BCUT2D eigenvalue weighted by Crippen LogP contribution is -2.41. The molecule has 104 valence electrons. The number of ether oxygens (including phenoxy) is 1. The molecule has 1 aromatic carbocycles. The van der Waals surface area contributed by atoms with Crippen LogP contribution in [0.1, 0.15) is 6.42 Å². The van der Waals surface area contributed by atoms with Crippen LogP contribution < -0.4 is 4.72 Å². The Morgan fingerprint density at radius 3 is 2.68 bits per heavy atom. The van der Waals surface area contributed by atoms with Gasteiger partial charge >= 0.3 is 5.97 Å². The molecule has 0 bridgehead atoms. The molecular weight excluding hydrogens is 334 g/mol. The van der Waals surface area contributed by atoms with Gasteiger partial charge in [0.15, 0.2) is 0 Å². The topological polar surface area (TPSA) is 72.5 Å². The first-order chi connectivity index (χ1) is 8.92. The van der Waals surface area contributed by atoms with Crippen LogP contribution in [0.4, 0.5) is 0 Å². The van der Waals surface area contributed by atoms with Crippen molar-refractivity contribution in [2.45, 2.75) is 17.4 Å². The van der Waals surface area contributed by atoms with Crippen molar-refractivity contribution in [1.82, 2.24) is 4.72 Å². The SMILES string of the molecule is C=CCC(NS(=O)(=O)c1ccccc1Br)C(=O)OC.